The summed E-state index contributed by atoms with van der Waals surface area (Å²) in [5.74, 6) is -0.514. The van der Waals surface area contributed by atoms with E-state index in [0.29, 0.717) is 5.69 Å². The number of aromatic nitrogens is 1. The van der Waals surface area contributed by atoms with Crippen LogP contribution in [0, 0.1) is 10.1 Å². The van der Waals surface area contributed by atoms with E-state index in [1.807, 2.05) is 30.3 Å². The molecule has 0 saturated heterocycles. The van der Waals surface area contributed by atoms with Crippen LogP contribution in [0.3, 0.4) is 0 Å². The maximum absolute atomic E-state index is 12.2. The van der Waals surface area contributed by atoms with Gasteiger partial charge in [0.25, 0.3) is 11.6 Å². The van der Waals surface area contributed by atoms with E-state index in [-0.39, 0.29) is 17.1 Å². The van der Waals surface area contributed by atoms with E-state index in [1.54, 1.807) is 12.1 Å². The van der Waals surface area contributed by atoms with Crippen molar-refractivity contribution in [3.8, 4) is 11.3 Å². The molecule has 0 radical (unpaired) electrons. The molecule has 7 heteroatoms. The Bertz CT molecular complexity index is 859. The maximum Gasteiger partial charge on any atom is 0.282 e. The van der Waals surface area contributed by atoms with Crippen molar-refractivity contribution >= 4 is 17.5 Å². The Hall–Kier alpha value is -3.48. The Kier molecular flexibility index (Phi) is 3.84. The van der Waals surface area contributed by atoms with Crippen LogP contribution in [-0.2, 0) is 0 Å². The van der Waals surface area contributed by atoms with Crippen molar-refractivity contribution in [2.24, 2.45) is 0 Å². The quantitative estimate of drug-likeness (QED) is 0.587. The molecule has 0 atom stereocenters. The smallest absolute Gasteiger partial charge is 0.282 e. The van der Waals surface area contributed by atoms with Crippen LogP contribution in [0.2, 0.25) is 0 Å². The van der Waals surface area contributed by atoms with Crippen LogP contribution in [0.4, 0.5) is 11.6 Å². The molecule has 114 valence electrons. The summed E-state index contributed by atoms with van der Waals surface area (Å²) in [6.45, 7) is 0. The van der Waals surface area contributed by atoms with Gasteiger partial charge >= 0.3 is 0 Å². The van der Waals surface area contributed by atoms with Gasteiger partial charge in [-0.25, -0.2) is 0 Å². The fourth-order valence-electron chi connectivity index (χ4n) is 2.08. The standard InChI is InChI=1S/C16H11N3O4/c20-16(12-8-4-5-9-14(12)19(21)22)17-15-10-13(18-23-15)11-6-2-1-3-7-11/h1-10H,(H,17,20). The predicted molar refractivity (Wildman–Crippen MR) is 83.0 cm³/mol. The number of nitrogens with zero attached hydrogens (tertiary/aromatic N) is 2. The van der Waals surface area contributed by atoms with Gasteiger partial charge < -0.3 is 4.52 Å². The molecular formula is C16H11N3O4. The summed E-state index contributed by atoms with van der Waals surface area (Å²) in [4.78, 5) is 22.5. The van der Waals surface area contributed by atoms with Crippen molar-refractivity contribution in [3.63, 3.8) is 0 Å². The molecule has 1 N–H and O–H groups in total. The molecule has 0 fully saturated rings. The van der Waals surface area contributed by atoms with E-state index in [1.165, 1.54) is 18.2 Å². The first-order chi connectivity index (χ1) is 11.1. The van der Waals surface area contributed by atoms with Crippen LogP contribution in [0.25, 0.3) is 11.3 Å². The Balaban J connectivity index is 1.82. The fourth-order valence-corrected chi connectivity index (χ4v) is 2.08. The van der Waals surface area contributed by atoms with Gasteiger partial charge in [0.1, 0.15) is 11.3 Å². The molecule has 0 saturated carbocycles. The Morgan fingerprint density at radius 1 is 1.09 bits per heavy atom. The van der Waals surface area contributed by atoms with E-state index in [0.717, 1.165) is 5.56 Å². The molecule has 0 unspecified atom stereocenters. The van der Waals surface area contributed by atoms with Gasteiger partial charge in [-0.2, -0.15) is 0 Å². The van der Waals surface area contributed by atoms with Crippen LogP contribution in [-0.4, -0.2) is 16.0 Å². The molecule has 23 heavy (non-hydrogen) atoms. The van der Waals surface area contributed by atoms with Crippen molar-refractivity contribution < 1.29 is 14.2 Å². The van der Waals surface area contributed by atoms with Crippen LogP contribution in [0.1, 0.15) is 10.4 Å². The van der Waals surface area contributed by atoms with Gasteiger partial charge in [-0.3, -0.25) is 20.2 Å². The van der Waals surface area contributed by atoms with Crippen molar-refractivity contribution in [2.45, 2.75) is 0 Å². The highest BCUT2D eigenvalue weighted by Crippen LogP contribution is 2.23. The third kappa shape index (κ3) is 3.08. The normalized spacial score (nSPS) is 10.3. The molecule has 7 nitrogen and oxygen atoms in total. The highest BCUT2D eigenvalue weighted by Gasteiger charge is 2.20. The molecule has 1 aromatic heterocycles. The highest BCUT2D eigenvalue weighted by molar-refractivity contribution is 6.06. The van der Waals surface area contributed by atoms with Gasteiger partial charge in [0.2, 0.25) is 5.88 Å². The molecule has 0 aliphatic rings. The fraction of sp³-hybridized carbons (Fsp3) is 0. The molecule has 0 spiro atoms. The average Bonchev–Trinajstić information content (AvgIpc) is 3.04. The molecule has 3 aromatic rings. The Morgan fingerprint density at radius 2 is 1.78 bits per heavy atom. The Morgan fingerprint density at radius 3 is 2.52 bits per heavy atom. The predicted octanol–water partition coefficient (Wildman–Crippen LogP) is 3.50. The molecule has 1 amide bonds. The zero-order valence-corrected chi connectivity index (χ0v) is 11.8. The van der Waals surface area contributed by atoms with E-state index in [4.69, 9.17) is 4.52 Å². The van der Waals surface area contributed by atoms with Gasteiger partial charge in [0.15, 0.2) is 0 Å². The SMILES string of the molecule is O=C(Nc1cc(-c2ccccc2)no1)c1ccccc1[N+](=O)[O-]. The molecule has 0 aliphatic carbocycles. The Labute approximate surface area is 130 Å². The number of hydrogen-bond acceptors (Lipinski definition) is 5. The zero-order valence-electron chi connectivity index (χ0n) is 11.8. The second-order valence-corrected chi connectivity index (χ2v) is 4.67. The lowest BCUT2D eigenvalue weighted by atomic mass is 10.1. The van der Waals surface area contributed by atoms with Crippen molar-refractivity contribution in [1.29, 1.82) is 0 Å². The van der Waals surface area contributed by atoms with Crippen molar-refractivity contribution in [3.05, 3.63) is 76.3 Å². The molecule has 0 bridgehead atoms. The molecule has 2 aromatic carbocycles. The first-order valence-corrected chi connectivity index (χ1v) is 6.72. The number of rotatable bonds is 4. The largest absolute Gasteiger partial charge is 0.338 e. The van der Waals surface area contributed by atoms with E-state index in [2.05, 4.69) is 10.5 Å². The second-order valence-electron chi connectivity index (χ2n) is 4.67. The summed E-state index contributed by atoms with van der Waals surface area (Å²) in [6, 6.07) is 16.5. The minimum Gasteiger partial charge on any atom is -0.338 e. The number of nitro groups is 1. The van der Waals surface area contributed by atoms with Crippen LogP contribution in [0.15, 0.2) is 65.2 Å². The average molecular weight is 309 g/mol. The zero-order chi connectivity index (χ0) is 16.2. The van der Waals surface area contributed by atoms with Crippen molar-refractivity contribution in [2.75, 3.05) is 5.32 Å². The van der Waals surface area contributed by atoms with E-state index < -0.39 is 10.8 Å². The summed E-state index contributed by atoms with van der Waals surface area (Å²) < 4.78 is 5.06. The summed E-state index contributed by atoms with van der Waals surface area (Å²) in [7, 11) is 0. The number of hydrogen-bond donors (Lipinski definition) is 1. The maximum atomic E-state index is 12.2. The van der Waals surface area contributed by atoms with Gasteiger partial charge in [-0.15, -0.1) is 0 Å². The number of nitrogens with one attached hydrogen (secondary N) is 1. The number of carbonyl (C=O) groups is 1. The van der Waals surface area contributed by atoms with E-state index in [9.17, 15) is 14.9 Å². The lowest BCUT2D eigenvalue weighted by molar-refractivity contribution is -0.385. The number of benzene rings is 2. The lowest BCUT2D eigenvalue weighted by Crippen LogP contribution is -2.13. The molecular weight excluding hydrogens is 298 g/mol. The molecule has 3 rings (SSSR count). The topological polar surface area (TPSA) is 98.3 Å². The number of nitro benzene ring substituents is 1. The van der Waals surface area contributed by atoms with Gasteiger partial charge in [-0.1, -0.05) is 47.6 Å². The monoisotopic (exact) mass is 309 g/mol. The summed E-state index contributed by atoms with van der Waals surface area (Å²) in [6.07, 6.45) is 0. The minimum absolute atomic E-state index is 0.0461. The number of anilines is 1. The summed E-state index contributed by atoms with van der Waals surface area (Å²) in [5.41, 5.74) is 1.08. The first-order valence-electron chi connectivity index (χ1n) is 6.72. The van der Waals surface area contributed by atoms with Crippen LogP contribution >= 0.6 is 0 Å². The van der Waals surface area contributed by atoms with Crippen LogP contribution < -0.4 is 5.32 Å². The van der Waals surface area contributed by atoms with Crippen molar-refractivity contribution in [1.82, 2.24) is 5.16 Å². The van der Waals surface area contributed by atoms with E-state index >= 15 is 0 Å². The minimum atomic E-state index is -0.631. The van der Waals surface area contributed by atoms with Crippen LogP contribution in [0.5, 0.6) is 0 Å². The molecule has 0 aliphatic heterocycles. The lowest BCUT2D eigenvalue weighted by Gasteiger charge is -2.01. The highest BCUT2D eigenvalue weighted by atomic mass is 16.6. The summed E-state index contributed by atoms with van der Waals surface area (Å²) in [5, 5.41) is 17.3. The summed E-state index contributed by atoms with van der Waals surface area (Å²) >= 11 is 0. The third-order valence-corrected chi connectivity index (χ3v) is 3.16. The number of carbonyl (C=O) groups excluding carboxylic acids is 1. The molecule has 1 heterocycles. The van der Waals surface area contributed by atoms with Gasteiger partial charge in [-0.05, 0) is 6.07 Å². The van der Waals surface area contributed by atoms with Gasteiger partial charge in [0, 0.05) is 17.7 Å². The number of para-hydroxylation sites is 1. The second kappa shape index (κ2) is 6.10. The van der Waals surface area contributed by atoms with Gasteiger partial charge in [0.05, 0.1) is 4.92 Å². The third-order valence-electron chi connectivity index (χ3n) is 3.16. The number of amides is 1. The first kappa shape index (κ1) is 14.5.